The summed E-state index contributed by atoms with van der Waals surface area (Å²) in [6.07, 6.45) is 11.2. The van der Waals surface area contributed by atoms with Crippen LogP contribution in [0.5, 0.6) is 5.88 Å². The summed E-state index contributed by atoms with van der Waals surface area (Å²) in [5.41, 5.74) is 3.66. The molecule has 3 aromatic heterocycles. The van der Waals surface area contributed by atoms with Crippen LogP contribution < -0.4 is 4.74 Å². The molecule has 0 aromatic carbocycles. The lowest BCUT2D eigenvalue weighted by atomic mass is 9.87. The molecule has 0 amide bonds. The van der Waals surface area contributed by atoms with E-state index in [-0.39, 0.29) is 5.82 Å². The summed E-state index contributed by atoms with van der Waals surface area (Å²) >= 11 is 0. The smallest absolute Gasteiger partial charge is 0.234 e. The summed E-state index contributed by atoms with van der Waals surface area (Å²) in [4.78, 5) is 17.5. The minimum atomic E-state index is 0.122. The van der Waals surface area contributed by atoms with Crippen LogP contribution >= 0.6 is 0 Å². The monoisotopic (exact) mass is 376 g/mol. The normalized spacial score (nSPS) is 14.9. The highest BCUT2D eigenvalue weighted by molar-refractivity contribution is 5.87. The van der Waals surface area contributed by atoms with E-state index in [0.717, 1.165) is 23.5 Å². The van der Waals surface area contributed by atoms with Crippen molar-refractivity contribution in [2.75, 3.05) is 6.61 Å². The highest BCUT2D eigenvalue weighted by Gasteiger charge is 2.16. The Bertz CT molecular complexity index is 1030. The predicted molar refractivity (Wildman–Crippen MR) is 106 cm³/mol. The van der Waals surface area contributed by atoms with E-state index in [2.05, 4.69) is 19.9 Å². The van der Waals surface area contributed by atoms with Crippen LogP contribution in [-0.2, 0) is 7.05 Å². The number of aromatic nitrogens is 5. The zero-order chi connectivity index (χ0) is 19.5. The molecule has 1 aliphatic rings. The summed E-state index contributed by atoms with van der Waals surface area (Å²) in [5, 5.41) is 9.26. The van der Waals surface area contributed by atoms with Crippen LogP contribution in [0.4, 0.5) is 0 Å². The molecule has 0 spiro atoms. The number of nitriles is 1. The second kappa shape index (κ2) is 7.93. The molecule has 7 nitrogen and oxygen atoms in total. The zero-order valence-corrected chi connectivity index (χ0v) is 16.4. The van der Waals surface area contributed by atoms with Crippen molar-refractivity contribution in [3.8, 4) is 23.2 Å². The Kier molecular flexibility index (Phi) is 5.20. The van der Waals surface area contributed by atoms with Crippen LogP contribution in [0.2, 0.25) is 0 Å². The Hall–Kier alpha value is -3.01. The fraction of sp³-hybridized carbons (Fsp3) is 0.476. The molecule has 1 saturated carbocycles. The maximum atomic E-state index is 9.26. The van der Waals surface area contributed by atoms with E-state index < -0.39 is 0 Å². The first kappa shape index (κ1) is 18.4. The van der Waals surface area contributed by atoms with Gasteiger partial charge >= 0.3 is 0 Å². The van der Waals surface area contributed by atoms with Gasteiger partial charge < -0.3 is 9.30 Å². The van der Waals surface area contributed by atoms with E-state index in [0.29, 0.717) is 29.3 Å². The molecule has 28 heavy (non-hydrogen) atoms. The van der Waals surface area contributed by atoms with Gasteiger partial charge in [-0.1, -0.05) is 32.1 Å². The van der Waals surface area contributed by atoms with Gasteiger partial charge in [-0.15, -0.1) is 0 Å². The van der Waals surface area contributed by atoms with E-state index in [1.165, 1.54) is 32.1 Å². The molecular weight excluding hydrogens is 352 g/mol. The molecule has 0 atom stereocenters. The zero-order valence-electron chi connectivity index (χ0n) is 16.4. The summed E-state index contributed by atoms with van der Waals surface area (Å²) < 4.78 is 7.73. The highest BCUT2D eigenvalue weighted by atomic mass is 16.5. The number of nitrogens with zero attached hydrogens (tertiary/aromatic N) is 6. The SMILES string of the molecule is Cc1cc(-c2nc(C#N)nc3c2ncn3C)cnc1OCCC1CCCCC1. The van der Waals surface area contributed by atoms with Crippen LogP contribution in [0.25, 0.3) is 22.4 Å². The van der Waals surface area contributed by atoms with Crippen molar-refractivity contribution in [3.63, 3.8) is 0 Å². The Morgan fingerprint density at radius 1 is 1.21 bits per heavy atom. The van der Waals surface area contributed by atoms with Crippen LogP contribution in [0.1, 0.15) is 49.9 Å². The summed E-state index contributed by atoms with van der Waals surface area (Å²) in [6, 6.07) is 4.01. The number of imidazole rings is 1. The highest BCUT2D eigenvalue weighted by Crippen LogP contribution is 2.29. The number of hydrogen-bond donors (Lipinski definition) is 0. The summed E-state index contributed by atoms with van der Waals surface area (Å²) in [7, 11) is 1.85. The van der Waals surface area contributed by atoms with Crippen molar-refractivity contribution in [2.45, 2.75) is 45.4 Å². The second-order valence-corrected chi connectivity index (χ2v) is 7.52. The van der Waals surface area contributed by atoms with Gasteiger partial charge in [-0.2, -0.15) is 10.2 Å². The molecule has 0 saturated heterocycles. The first-order valence-electron chi connectivity index (χ1n) is 9.84. The van der Waals surface area contributed by atoms with Gasteiger partial charge in [0.25, 0.3) is 0 Å². The van der Waals surface area contributed by atoms with E-state index in [1.54, 1.807) is 17.1 Å². The lowest BCUT2D eigenvalue weighted by molar-refractivity contribution is 0.239. The Balaban J connectivity index is 1.55. The van der Waals surface area contributed by atoms with Gasteiger partial charge in [-0.05, 0) is 25.3 Å². The topological polar surface area (TPSA) is 89.5 Å². The van der Waals surface area contributed by atoms with Gasteiger partial charge in [0.05, 0.1) is 12.9 Å². The van der Waals surface area contributed by atoms with E-state index >= 15 is 0 Å². The average Bonchev–Trinajstić information content (AvgIpc) is 3.10. The number of pyridine rings is 1. The Morgan fingerprint density at radius 2 is 2.04 bits per heavy atom. The van der Waals surface area contributed by atoms with Crippen molar-refractivity contribution in [1.29, 1.82) is 5.26 Å². The summed E-state index contributed by atoms with van der Waals surface area (Å²) in [6.45, 7) is 2.68. The number of hydrogen-bond acceptors (Lipinski definition) is 6. The minimum absolute atomic E-state index is 0.122. The molecule has 3 heterocycles. The third-order valence-corrected chi connectivity index (χ3v) is 5.45. The van der Waals surface area contributed by atoms with Gasteiger partial charge in [-0.25, -0.2) is 15.0 Å². The van der Waals surface area contributed by atoms with E-state index in [9.17, 15) is 5.26 Å². The van der Waals surface area contributed by atoms with Gasteiger partial charge in [0.15, 0.2) is 5.65 Å². The molecule has 0 aliphatic heterocycles. The molecule has 1 fully saturated rings. The molecule has 1 aliphatic carbocycles. The van der Waals surface area contributed by atoms with Crippen LogP contribution in [0.3, 0.4) is 0 Å². The van der Waals surface area contributed by atoms with Crippen molar-refractivity contribution in [1.82, 2.24) is 24.5 Å². The molecule has 0 radical (unpaired) electrons. The lowest BCUT2D eigenvalue weighted by Gasteiger charge is -2.21. The third kappa shape index (κ3) is 3.68. The molecule has 7 heteroatoms. The van der Waals surface area contributed by atoms with Crippen molar-refractivity contribution >= 4 is 11.2 Å². The summed E-state index contributed by atoms with van der Waals surface area (Å²) in [5.74, 6) is 1.57. The number of ether oxygens (including phenoxy) is 1. The van der Waals surface area contributed by atoms with Crippen LogP contribution in [-0.4, -0.2) is 31.1 Å². The maximum Gasteiger partial charge on any atom is 0.234 e. The number of aryl methyl sites for hydroxylation is 2. The first-order valence-corrected chi connectivity index (χ1v) is 9.84. The van der Waals surface area contributed by atoms with Gasteiger partial charge in [0, 0.05) is 24.4 Å². The predicted octanol–water partition coefficient (Wildman–Crippen LogP) is 3.95. The average molecular weight is 376 g/mol. The number of fused-ring (bicyclic) bond motifs is 1. The van der Waals surface area contributed by atoms with Crippen molar-refractivity contribution in [3.05, 3.63) is 30.0 Å². The third-order valence-electron chi connectivity index (χ3n) is 5.45. The first-order chi connectivity index (χ1) is 13.7. The minimum Gasteiger partial charge on any atom is -0.477 e. The van der Waals surface area contributed by atoms with Gasteiger partial charge in [0.1, 0.15) is 17.3 Å². The Labute approximate surface area is 164 Å². The molecule has 144 valence electrons. The molecule has 3 aromatic rings. The molecule has 0 N–H and O–H groups in total. The largest absolute Gasteiger partial charge is 0.477 e. The fourth-order valence-electron chi connectivity index (χ4n) is 3.90. The van der Waals surface area contributed by atoms with Crippen molar-refractivity contribution < 1.29 is 4.74 Å². The molecule has 0 unspecified atom stereocenters. The molecule has 0 bridgehead atoms. The number of rotatable bonds is 5. The maximum absolute atomic E-state index is 9.26. The Morgan fingerprint density at radius 3 is 2.79 bits per heavy atom. The van der Waals surface area contributed by atoms with Gasteiger partial charge in [-0.3, -0.25) is 0 Å². The van der Waals surface area contributed by atoms with Crippen molar-refractivity contribution in [2.24, 2.45) is 13.0 Å². The second-order valence-electron chi connectivity index (χ2n) is 7.52. The van der Waals surface area contributed by atoms with Crippen LogP contribution in [0.15, 0.2) is 18.6 Å². The quantitative estimate of drug-likeness (QED) is 0.670. The van der Waals surface area contributed by atoms with Gasteiger partial charge in [0.2, 0.25) is 11.7 Å². The molecular formula is C21H24N6O. The molecule has 4 rings (SSSR count). The van der Waals surface area contributed by atoms with Crippen LogP contribution in [0, 0.1) is 24.2 Å². The fourth-order valence-corrected chi connectivity index (χ4v) is 3.90. The standard InChI is InChI=1S/C21H24N6O/c1-14-10-16(12-23-21(14)28-9-8-15-6-4-3-5-7-15)18-19-20(27(2)13-24-19)26-17(11-22)25-18/h10,12-13,15H,3-9H2,1-2H3. The lowest BCUT2D eigenvalue weighted by Crippen LogP contribution is -2.11. The van der Waals surface area contributed by atoms with E-state index in [4.69, 9.17) is 4.74 Å². The van der Waals surface area contributed by atoms with E-state index in [1.807, 2.05) is 26.1 Å².